The van der Waals surface area contributed by atoms with Crippen LogP contribution in [0.5, 0.6) is 5.75 Å². The number of halogens is 3. The molecule has 0 amide bonds. The first-order valence-corrected chi connectivity index (χ1v) is 10.4. The molecule has 0 aliphatic carbocycles. The normalized spacial score (nSPS) is 12.0. The fraction of sp³-hybridized carbons (Fsp3) is 0.192. The third-order valence-electron chi connectivity index (χ3n) is 5.62. The predicted molar refractivity (Wildman–Crippen MR) is 121 cm³/mol. The molecule has 0 bridgehead atoms. The summed E-state index contributed by atoms with van der Waals surface area (Å²) in [6.45, 7) is 3.51. The fourth-order valence-electron chi connectivity index (χ4n) is 3.46. The number of aromatic nitrogens is 2. The zero-order valence-corrected chi connectivity index (χ0v) is 18.4. The van der Waals surface area contributed by atoms with Crippen LogP contribution in [0.15, 0.2) is 72.9 Å². The quantitative estimate of drug-likeness (QED) is 0.363. The number of ether oxygens (including phenoxy) is 1. The molecule has 0 saturated heterocycles. The summed E-state index contributed by atoms with van der Waals surface area (Å²) >= 11 is 0. The molecular weight excluding hydrogens is 445 g/mol. The van der Waals surface area contributed by atoms with Crippen molar-refractivity contribution in [1.29, 1.82) is 0 Å². The molecule has 0 unspecified atom stereocenters. The number of hydrogen-bond donors (Lipinski definition) is 1. The van der Waals surface area contributed by atoms with Crippen LogP contribution in [0.4, 0.5) is 13.2 Å². The topological polar surface area (TPSA) is 72.3 Å². The Morgan fingerprint density at radius 3 is 2.38 bits per heavy atom. The molecule has 4 rings (SSSR count). The molecular formula is C26H21F3N2O3. The first-order valence-electron chi connectivity index (χ1n) is 10.4. The number of nitrogens with zero attached hydrogens (tertiary/aromatic N) is 2. The minimum absolute atomic E-state index is 0.157. The summed E-state index contributed by atoms with van der Waals surface area (Å²) in [5.41, 5.74) is 0.0743. The van der Waals surface area contributed by atoms with Crippen LogP contribution >= 0.6 is 0 Å². The zero-order valence-electron chi connectivity index (χ0n) is 18.4. The second-order valence-electron chi connectivity index (χ2n) is 8.38. The molecule has 1 N–H and O–H groups in total. The van der Waals surface area contributed by atoms with Crippen molar-refractivity contribution in [1.82, 2.24) is 9.97 Å². The Morgan fingerprint density at radius 2 is 1.71 bits per heavy atom. The lowest BCUT2D eigenvalue weighted by Crippen LogP contribution is -2.28. The molecule has 0 saturated carbocycles. The summed E-state index contributed by atoms with van der Waals surface area (Å²) in [5, 5.41) is 9.66. The minimum Gasteiger partial charge on any atom is -0.489 e. The van der Waals surface area contributed by atoms with Crippen LogP contribution in [0.3, 0.4) is 0 Å². The number of alkyl halides is 3. The highest BCUT2D eigenvalue weighted by Gasteiger charge is 2.33. The molecule has 0 fully saturated rings. The van der Waals surface area contributed by atoms with Gasteiger partial charge in [-0.3, -0.25) is 4.79 Å². The molecule has 174 valence electrons. The maximum absolute atomic E-state index is 13.4. The van der Waals surface area contributed by atoms with Crippen molar-refractivity contribution in [3.05, 3.63) is 89.6 Å². The lowest BCUT2D eigenvalue weighted by molar-refractivity contribution is -0.142. The van der Waals surface area contributed by atoms with Crippen molar-refractivity contribution in [2.24, 2.45) is 0 Å². The number of fused-ring (bicyclic) bond motifs is 1. The Balaban J connectivity index is 1.55. The van der Waals surface area contributed by atoms with Gasteiger partial charge < -0.3 is 9.84 Å². The summed E-state index contributed by atoms with van der Waals surface area (Å²) in [6, 6.07) is 17.8. The van der Waals surface area contributed by atoms with Gasteiger partial charge in [-0.25, -0.2) is 9.97 Å². The minimum atomic E-state index is -4.52. The molecule has 0 atom stereocenters. The zero-order chi connectivity index (χ0) is 24.5. The highest BCUT2D eigenvalue weighted by molar-refractivity contribution is 5.83. The standard InChI is InChI=1S/C26H21F3N2O3/c1-25(2,24(32)33)19-11-9-16(10-12-19)15-34-20-7-3-5-17(13-20)23-30-14-18-6-4-8-21(22(18)31-23)26(27,28)29/h3-14H,15H2,1-2H3,(H,32,33). The van der Waals surface area contributed by atoms with Crippen molar-refractivity contribution >= 4 is 16.9 Å². The van der Waals surface area contributed by atoms with Gasteiger partial charge in [0.2, 0.25) is 0 Å². The van der Waals surface area contributed by atoms with Crippen LogP contribution in [0.1, 0.15) is 30.5 Å². The predicted octanol–water partition coefficient (Wildman–Crippen LogP) is 6.26. The van der Waals surface area contributed by atoms with Gasteiger partial charge >= 0.3 is 12.1 Å². The van der Waals surface area contributed by atoms with Gasteiger partial charge in [0.05, 0.1) is 16.5 Å². The highest BCUT2D eigenvalue weighted by Crippen LogP contribution is 2.34. The molecule has 0 aliphatic heterocycles. The van der Waals surface area contributed by atoms with E-state index in [0.29, 0.717) is 22.3 Å². The third kappa shape index (κ3) is 4.71. The Labute approximate surface area is 193 Å². The maximum atomic E-state index is 13.4. The largest absolute Gasteiger partial charge is 0.489 e. The van der Waals surface area contributed by atoms with E-state index in [1.54, 1.807) is 62.4 Å². The van der Waals surface area contributed by atoms with Crippen molar-refractivity contribution < 1.29 is 27.8 Å². The lowest BCUT2D eigenvalue weighted by atomic mass is 9.84. The summed E-state index contributed by atoms with van der Waals surface area (Å²) < 4.78 is 46.0. The van der Waals surface area contributed by atoms with E-state index >= 15 is 0 Å². The second-order valence-corrected chi connectivity index (χ2v) is 8.38. The number of rotatable bonds is 6. The Hall–Kier alpha value is -3.94. The number of hydrogen-bond acceptors (Lipinski definition) is 4. The van der Waals surface area contributed by atoms with Gasteiger partial charge in [0.25, 0.3) is 0 Å². The van der Waals surface area contributed by atoms with E-state index in [2.05, 4.69) is 9.97 Å². The van der Waals surface area contributed by atoms with Gasteiger partial charge in [0.1, 0.15) is 12.4 Å². The molecule has 3 aromatic carbocycles. The third-order valence-corrected chi connectivity index (χ3v) is 5.62. The summed E-state index contributed by atoms with van der Waals surface area (Å²) in [4.78, 5) is 19.8. The second kappa shape index (κ2) is 8.78. The number of aliphatic carboxylic acids is 1. The van der Waals surface area contributed by atoms with Crippen LogP contribution in [-0.2, 0) is 23.0 Å². The van der Waals surface area contributed by atoms with Gasteiger partial charge in [-0.1, -0.05) is 48.5 Å². The molecule has 1 heterocycles. The van der Waals surface area contributed by atoms with E-state index in [0.717, 1.165) is 11.6 Å². The average molecular weight is 466 g/mol. The number of benzene rings is 3. The number of carbonyl (C=O) groups is 1. The van der Waals surface area contributed by atoms with Crippen molar-refractivity contribution in [3.8, 4) is 17.1 Å². The first-order chi connectivity index (χ1) is 16.1. The van der Waals surface area contributed by atoms with Crippen LogP contribution in [0.2, 0.25) is 0 Å². The highest BCUT2D eigenvalue weighted by atomic mass is 19.4. The van der Waals surface area contributed by atoms with Crippen molar-refractivity contribution in [2.45, 2.75) is 32.0 Å². The summed E-state index contributed by atoms with van der Waals surface area (Å²) in [6.07, 6.45) is -3.15. The van der Waals surface area contributed by atoms with E-state index in [-0.39, 0.29) is 17.9 Å². The van der Waals surface area contributed by atoms with Crippen LogP contribution < -0.4 is 4.74 Å². The number of carboxylic acid groups (broad SMARTS) is 1. The molecule has 0 spiro atoms. The smallest absolute Gasteiger partial charge is 0.418 e. The van der Waals surface area contributed by atoms with Crippen LogP contribution in [0, 0.1) is 0 Å². The maximum Gasteiger partial charge on any atom is 0.418 e. The number of para-hydroxylation sites is 1. The molecule has 0 radical (unpaired) electrons. The number of carboxylic acids is 1. The SMILES string of the molecule is CC(C)(C(=O)O)c1ccc(COc2cccc(-c3ncc4cccc(C(F)(F)F)c4n3)c2)cc1. The van der Waals surface area contributed by atoms with Gasteiger partial charge in [-0.2, -0.15) is 13.2 Å². The molecule has 8 heteroatoms. The Kier molecular flexibility index (Phi) is 6.00. The van der Waals surface area contributed by atoms with E-state index in [1.807, 2.05) is 0 Å². The van der Waals surface area contributed by atoms with E-state index in [1.165, 1.54) is 18.3 Å². The first kappa shape index (κ1) is 23.2. The molecule has 0 aliphatic rings. The van der Waals surface area contributed by atoms with Crippen molar-refractivity contribution in [3.63, 3.8) is 0 Å². The summed E-state index contributed by atoms with van der Waals surface area (Å²) in [7, 11) is 0. The van der Waals surface area contributed by atoms with Gasteiger partial charge in [-0.05, 0) is 43.2 Å². The molecule has 34 heavy (non-hydrogen) atoms. The van der Waals surface area contributed by atoms with Gasteiger partial charge in [-0.15, -0.1) is 0 Å². The molecule has 5 nitrogen and oxygen atoms in total. The Morgan fingerprint density at radius 1 is 1.00 bits per heavy atom. The molecule has 1 aromatic heterocycles. The van der Waals surface area contributed by atoms with E-state index in [4.69, 9.17) is 4.74 Å². The monoisotopic (exact) mass is 466 g/mol. The van der Waals surface area contributed by atoms with Crippen LogP contribution in [0.25, 0.3) is 22.3 Å². The molecule has 4 aromatic rings. The van der Waals surface area contributed by atoms with E-state index < -0.39 is 23.1 Å². The van der Waals surface area contributed by atoms with Gasteiger partial charge in [0.15, 0.2) is 5.82 Å². The Bertz CT molecular complexity index is 1350. The fourth-order valence-corrected chi connectivity index (χ4v) is 3.46. The average Bonchev–Trinajstić information content (AvgIpc) is 2.81. The lowest BCUT2D eigenvalue weighted by Gasteiger charge is -2.19. The summed E-state index contributed by atoms with van der Waals surface area (Å²) in [5.74, 6) is -0.248. The van der Waals surface area contributed by atoms with E-state index in [9.17, 15) is 23.1 Å². The van der Waals surface area contributed by atoms with Crippen LogP contribution in [-0.4, -0.2) is 21.0 Å². The van der Waals surface area contributed by atoms with Crippen molar-refractivity contribution in [2.75, 3.05) is 0 Å². The van der Waals surface area contributed by atoms with Gasteiger partial charge in [0, 0.05) is 17.1 Å².